The molecule has 2 unspecified atom stereocenters. The highest BCUT2D eigenvalue weighted by Gasteiger charge is 2.29. The maximum Gasteiger partial charge on any atom is 0.273 e. The normalized spacial score (nSPS) is 19.0. The number of amides is 1. The van der Waals surface area contributed by atoms with Crippen molar-refractivity contribution in [3.8, 4) is 0 Å². The van der Waals surface area contributed by atoms with E-state index in [1.165, 1.54) is 0 Å². The first-order chi connectivity index (χ1) is 9.38. The molecule has 1 heterocycles. The van der Waals surface area contributed by atoms with Crippen molar-refractivity contribution in [3.05, 3.63) is 39.7 Å². The molecule has 1 aliphatic heterocycles. The number of carbonyl (C=O) groups excluding carboxylic acids is 1. The Hall–Kier alpha value is -1.73. The molecule has 2 rings (SSSR count). The van der Waals surface area contributed by atoms with Crippen LogP contribution in [-0.4, -0.2) is 34.9 Å². The van der Waals surface area contributed by atoms with E-state index in [1.54, 1.807) is 4.90 Å². The number of likely N-dealkylation sites (tertiary alicyclic amines) is 1. The van der Waals surface area contributed by atoms with Gasteiger partial charge in [-0.05, 0) is 25.3 Å². The van der Waals surface area contributed by atoms with Crippen LogP contribution in [0.15, 0.2) is 18.2 Å². The van der Waals surface area contributed by atoms with Crippen LogP contribution >= 0.6 is 12.4 Å². The van der Waals surface area contributed by atoms with E-state index >= 15 is 0 Å². The van der Waals surface area contributed by atoms with Gasteiger partial charge in [-0.2, -0.15) is 0 Å². The number of non-ortho nitro benzene ring substituents is 1. The van der Waals surface area contributed by atoms with Crippen LogP contribution in [0.5, 0.6) is 0 Å². The molecule has 2 atom stereocenters. The fourth-order valence-corrected chi connectivity index (χ4v) is 2.39. The Kier molecular flexibility index (Phi) is 5.62. The second-order valence-corrected chi connectivity index (χ2v) is 5.11. The van der Waals surface area contributed by atoms with E-state index in [9.17, 15) is 19.3 Å². The van der Waals surface area contributed by atoms with Gasteiger partial charge in [-0.3, -0.25) is 14.9 Å². The molecule has 1 aliphatic rings. The van der Waals surface area contributed by atoms with Gasteiger partial charge in [0, 0.05) is 30.8 Å². The fraction of sp³-hybridized carbons (Fsp3) is 0.462. The largest absolute Gasteiger partial charge is 0.338 e. The van der Waals surface area contributed by atoms with E-state index in [0.29, 0.717) is 13.1 Å². The van der Waals surface area contributed by atoms with E-state index in [-0.39, 0.29) is 29.9 Å². The number of halogens is 2. The standard InChI is InChI=1S/C13H16FN3O3.ClH/c1-8(15)9-2-3-16(7-9)13(18)10-4-11(14)6-12(5-10)17(19)20;/h4-6,8-9H,2-3,7,15H2,1H3;1H. The molecule has 8 heteroatoms. The van der Waals surface area contributed by atoms with Crippen molar-refractivity contribution in [1.82, 2.24) is 4.90 Å². The zero-order valence-electron chi connectivity index (χ0n) is 11.5. The maximum atomic E-state index is 13.3. The van der Waals surface area contributed by atoms with Crippen molar-refractivity contribution in [2.24, 2.45) is 11.7 Å². The van der Waals surface area contributed by atoms with Crippen LogP contribution in [0.3, 0.4) is 0 Å². The van der Waals surface area contributed by atoms with E-state index in [4.69, 9.17) is 5.73 Å². The molecule has 1 aromatic carbocycles. The molecule has 0 spiro atoms. The van der Waals surface area contributed by atoms with Crippen LogP contribution in [0.1, 0.15) is 23.7 Å². The topological polar surface area (TPSA) is 89.5 Å². The number of nitro groups is 1. The Balaban J connectivity index is 0.00000220. The quantitative estimate of drug-likeness (QED) is 0.681. The summed E-state index contributed by atoms with van der Waals surface area (Å²) in [5.74, 6) is -0.969. The molecule has 1 aromatic rings. The van der Waals surface area contributed by atoms with Gasteiger partial charge in [-0.25, -0.2) is 4.39 Å². The molecule has 0 radical (unpaired) electrons. The third-order valence-electron chi connectivity index (χ3n) is 3.60. The highest BCUT2D eigenvalue weighted by molar-refractivity contribution is 5.95. The Morgan fingerprint density at radius 2 is 2.19 bits per heavy atom. The van der Waals surface area contributed by atoms with Gasteiger partial charge in [-0.1, -0.05) is 0 Å². The second-order valence-electron chi connectivity index (χ2n) is 5.11. The van der Waals surface area contributed by atoms with Crippen molar-refractivity contribution >= 4 is 24.0 Å². The van der Waals surface area contributed by atoms with Crippen molar-refractivity contribution in [2.45, 2.75) is 19.4 Å². The lowest BCUT2D eigenvalue weighted by Gasteiger charge is -2.18. The lowest BCUT2D eigenvalue weighted by Crippen LogP contribution is -2.33. The average Bonchev–Trinajstić information content (AvgIpc) is 2.86. The summed E-state index contributed by atoms with van der Waals surface area (Å²) in [4.78, 5) is 23.8. The minimum absolute atomic E-state index is 0. The summed E-state index contributed by atoms with van der Waals surface area (Å²) in [5, 5.41) is 10.7. The minimum atomic E-state index is -0.787. The summed E-state index contributed by atoms with van der Waals surface area (Å²) in [7, 11) is 0. The number of carbonyl (C=O) groups is 1. The third-order valence-corrected chi connectivity index (χ3v) is 3.60. The first-order valence-corrected chi connectivity index (χ1v) is 6.38. The average molecular weight is 318 g/mol. The summed E-state index contributed by atoms with van der Waals surface area (Å²) in [5.41, 5.74) is 5.38. The number of nitrogens with two attached hydrogens (primary N) is 1. The molecule has 1 amide bonds. The Labute approximate surface area is 127 Å². The number of hydrogen-bond acceptors (Lipinski definition) is 4. The van der Waals surface area contributed by atoms with Gasteiger partial charge in [0.1, 0.15) is 5.82 Å². The predicted molar refractivity (Wildman–Crippen MR) is 78.0 cm³/mol. The zero-order chi connectivity index (χ0) is 14.9. The summed E-state index contributed by atoms with van der Waals surface area (Å²) in [6.45, 7) is 2.92. The SMILES string of the molecule is CC(N)C1CCN(C(=O)c2cc(F)cc([N+](=O)[O-])c2)C1.Cl. The van der Waals surface area contributed by atoms with Gasteiger partial charge in [0.05, 0.1) is 11.0 Å². The predicted octanol–water partition coefficient (Wildman–Crippen LogP) is 1.97. The van der Waals surface area contributed by atoms with Crippen molar-refractivity contribution in [2.75, 3.05) is 13.1 Å². The Morgan fingerprint density at radius 1 is 1.52 bits per heavy atom. The van der Waals surface area contributed by atoms with Crippen LogP contribution in [0.2, 0.25) is 0 Å². The number of benzene rings is 1. The summed E-state index contributed by atoms with van der Waals surface area (Å²) in [6.07, 6.45) is 0.792. The summed E-state index contributed by atoms with van der Waals surface area (Å²) >= 11 is 0. The molecule has 1 saturated heterocycles. The van der Waals surface area contributed by atoms with Gasteiger partial charge < -0.3 is 10.6 Å². The van der Waals surface area contributed by atoms with Gasteiger partial charge in [-0.15, -0.1) is 12.4 Å². The van der Waals surface area contributed by atoms with Crippen molar-refractivity contribution in [1.29, 1.82) is 0 Å². The maximum absolute atomic E-state index is 13.3. The first-order valence-electron chi connectivity index (χ1n) is 6.38. The first kappa shape index (κ1) is 17.3. The summed E-state index contributed by atoms with van der Waals surface area (Å²) in [6, 6.07) is 2.90. The number of rotatable bonds is 3. The van der Waals surface area contributed by atoms with Gasteiger partial charge in [0.25, 0.3) is 11.6 Å². The monoisotopic (exact) mass is 317 g/mol. The van der Waals surface area contributed by atoms with Crippen LogP contribution in [0.4, 0.5) is 10.1 Å². The lowest BCUT2D eigenvalue weighted by atomic mass is 10.0. The molecule has 0 bridgehead atoms. The number of nitrogens with zero attached hydrogens (tertiary/aromatic N) is 2. The van der Waals surface area contributed by atoms with Crippen molar-refractivity contribution < 1.29 is 14.1 Å². The molecular formula is C13H17ClFN3O3. The highest BCUT2D eigenvalue weighted by Crippen LogP contribution is 2.23. The molecule has 0 aromatic heterocycles. The number of hydrogen-bond donors (Lipinski definition) is 1. The molecule has 2 N–H and O–H groups in total. The Bertz CT molecular complexity index is 553. The molecule has 21 heavy (non-hydrogen) atoms. The zero-order valence-corrected chi connectivity index (χ0v) is 12.3. The van der Waals surface area contributed by atoms with Crippen LogP contribution in [0, 0.1) is 21.8 Å². The van der Waals surface area contributed by atoms with Gasteiger partial charge in [0.15, 0.2) is 0 Å². The van der Waals surface area contributed by atoms with Crippen LogP contribution in [-0.2, 0) is 0 Å². The van der Waals surface area contributed by atoms with Crippen molar-refractivity contribution in [3.63, 3.8) is 0 Å². The van der Waals surface area contributed by atoms with E-state index in [2.05, 4.69) is 0 Å². The van der Waals surface area contributed by atoms with E-state index < -0.39 is 22.3 Å². The van der Waals surface area contributed by atoms with E-state index in [1.807, 2.05) is 6.92 Å². The second kappa shape index (κ2) is 6.82. The smallest absolute Gasteiger partial charge is 0.273 e. The van der Waals surface area contributed by atoms with Crippen LogP contribution in [0.25, 0.3) is 0 Å². The van der Waals surface area contributed by atoms with Gasteiger partial charge in [0.2, 0.25) is 0 Å². The van der Waals surface area contributed by atoms with Crippen LogP contribution < -0.4 is 5.73 Å². The Morgan fingerprint density at radius 3 is 2.71 bits per heavy atom. The number of nitro benzene ring substituents is 1. The highest BCUT2D eigenvalue weighted by atomic mass is 35.5. The summed E-state index contributed by atoms with van der Waals surface area (Å²) < 4.78 is 13.3. The molecule has 6 nitrogen and oxygen atoms in total. The molecular weight excluding hydrogens is 301 g/mol. The molecule has 116 valence electrons. The molecule has 0 saturated carbocycles. The van der Waals surface area contributed by atoms with Gasteiger partial charge >= 0.3 is 0 Å². The molecule has 0 aliphatic carbocycles. The fourth-order valence-electron chi connectivity index (χ4n) is 2.39. The third kappa shape index (κ3) is 3.89. The lowest BCUT2D eigenvalue weighted by molar-refractivity contribution is -0.385. The van der Waals surface area contributed by atoms with E-state index in [0.717, 1.165) is 24.6 Å². The molecule has 1 fully saturated rings. The minimum Gasteiger partial charge on any atom is -0.338 e.